The summed E-state index contributed by atoms with van der Waals surface area (Å²) in [5, 5.41) is 2.35. The first kappa shape index (κ1) is 17.6. The number of nitrogens with zero attached hydrogens (tertiary/aromatic N) is 1. The first-order chi connectivity index (χ1) is 10.6. The number of amides is 1. The predicted octanol–water partition coefficient (Wildman–Crippen LogP) is 0.625. The van der Waals surface area contributed by atoms with Crippen molar-refractivity contribution in [2.45, 2.75) is 32.7 Å². The van der Waals surface area contributed by atoms with Crippen molar-refractivity contribution >= 4 is 17.8 Å². The Hall–Kier alpha value is -2.44. The molecule has 1 rings (SSSR count). The molecule has 7 nitrogen and oxygen atoms in total. The normalized spacial score (nSPS) is 10.1. The van der Waals surface area contributed by atoms with E-state index in [2.05, 4.69) is 10.3 Å². The van der Waals surface area contributed by atoms with Crippen LogP contribution in [0.2, 0.25) is 0 Å². The summed E-state index contributed by atoms with van der Waals surface area (Å²) in [4.78, 5) is 39.2. The van der Waals surface area contributed by atoms with Crippen molar-refractivity contribution in [3.63, 3.8) is 0 Å². The van der Waals surface area contributed by atoms with Crippen molar-refractivity contribution < 1.29 is 23.9 Å². The van der Waals surface area contributed by atoms with Gasteiger partial charge < -0.3 is 14.8 Å². The van der Waals surface area contributed by atoms with E-state index in [0.717, 1.165) is 5.56 Å². The Bertz CT molecular complexity index is 486. The van der Waals surface area contributed by atoms with E-state index in [1.807, 2.05) is 0 Å². The van der Waals surface area contributed by atoms with Crippen molar-refractivity contribution in [2.75, 3.05) is 13.2 Å². The molecule has 0 aromatic carbocycles. The van der Waals surface area contributed by atoms with Gasteiger partial charge in [0.15, 0.2) is 0 Å². The molecule has 1 heterocycles. The number of aromatic nitrogens is 1. The molecule has 1 aromatic heterocycles. The van der Waals surface area contributed by atoms with Crippen LogP contribution in [-0.4, -0.2) is 42.1 Å². The van der Waals surface area contributed by atoms with E-state index in [9.17, 15) is 14.4 Å². The highest BCUT2D eigenvalue weighted by atomic mass is 16.6. The van der Waals surface area contributed by atoms with Gasteiger partial charge >= 0.3 is 11.9 Å². The number of carbonyl (C=O) groups is 3. The number of esters is 2. The molecule has 0 saturated heterocycles. The number of hydrogen-bond acceptors (Lipinski definition) is 6. The van der Waals surface area contributed by atoms with Crippen molar-refractivity contribution in [1.82, 2.24) is 10.3 Å². The molecule has 0 radical (unpaired) electrons. The summed E-state index contributed by atoms with van der Waals surface area (Å²) >= 11 is 0. The van der Waals surface area contributed by atoms with E-state index in [-0.39, 0.29) is 19.6 Å². The fraction of sp³-hybridized carbons (Fsp3) is 0.467. The number of ether oxygens (including phenoxy) is 2. The molecule has 120 valence electrons. The summed E-state index contributed by atoms with van der Waals surface area (Å²) in [5.74, 6) is -2.07. The third kappa shape index (κ3) is 5.90. The van der Waals surface area contributed by atoms with E-state index in [1.54, 1.807) is 38.4 Å². The predicted molar refractivity (Wildman–Crippen MR) is 77.8 cm³/mol. The molecular weight excluding hydrogens is 288 g/mol. The maximum absolute atomic E-state index is 11.9. The van der Waals surface area contributed by atoms with E-state index in [4.69, 9.17) is 9.47 Å². The van der Waals surface area contributed by atoms with Gasteiger partial charge in [-0.3, -0.25) is 9.78 Å². The number of rotatable bonds is 8. The lowest BCUT2D eigenvalue weighted by molar-refractivity contribution is -0.159. The maximum Gasteiger partial charge on any atom is 0.340 e. The molecule has 0 aliphatic heterocycles. The molecule has 1 amide bonds. The molecule has 0 bridgehead atoms. The van der Waals surface area contributed by atoms with Gasteiger partial charge in [-0.05, 0) is 38.0 Å². The SMILES string of the molecule is CCOC(=O)C(NC(=O)CCc1ccncc1)C(=O)OCC. The molecule has 1 N–H and O–H groups in total. The van der Waals surface area contributed by atoms with E-state index < -0.39 is 23.9 Å². The minimum absolute atomic E-state index is 0.113. The van der Waals surface area contributed by atoms with Crippen LogP contribution < -0.4 is 5.32 Å². The van der Waals surface area contributed by atoms with Crippen LogP contribution in [0.1, 0.15) is 25.8 Å². The summed E-state index contributed by atoms with van der Waals surface area (Å²) in [6, 6.07) is 2.16. The lowest BCUT2D eigenvalue weighted by atomic mass is 10.1. The molecule has 7 heteroatoms. The number of nitrogens with one attached hydrogen (secondary N) is 1. The van der Waals surface area contributed by atoms with Crippen LogP contribution in [0.5, 0.6) is 0 Å². The summed E-state index contributed by atoms with van der Waals surface area (Å²) in [7, 11) is 0. The fourth-order valence-corrected chi connectivity index (χ4v) is 1.71. The minimum atomic E-state index is -1.43. The summed E-state index contributed by atoms with van der Waals surface area (Å²) in [5.41, 5.74) is 0.939. The maximum atomic E-state index is 11.9. The summed E-state index contributed by atoms with van der Waals surface area (Å²) < 4.78 is 9.54. The second-order valence-corrected chi connectivity index (χ2v) is 4.36. The molecule has 22 heavy (non-hydrogen) atoms. The van der Waals surface area contributed by atoms with Gasteiger partial charge in [-0.2, -0.15) is 0 Å². The van der Waals surface area contributed by atoms with Crippen LogP contribution in [0.15, 0.2) is 24.5 Å². The van der Waals surface area contributed by atoms with E-state index >= 15 is 0 Å². The van der Waals surface area contributed by atoms with Gasteiger partial charge in [-0.1, -0.05) is 0 Å². The third-order valence-electron chi connectivity index (χ3n) is 2.74. The monoisotopic (exact) mass is 308 g/mol. The topological polar surface area (TPSA) is 94.6 Å². The number of pyridine rings is 1. The number of hydrogen-bond donors (Lipinski definition) is 1. The Labute approximate surface area is 129 Å². The third-order valence-corrected chi connectivity index (χ3v) is 2.74. The zero-order valence-corrected chi connectivity index (χ0v) is 12.7. The second-order valence-electron chi connectivity index (χ2n) is 4.36. The minimum Gasteiger partial charge on any atom is -0.464 e. The summed E-state index contributed by atoms with van der Waals surface area (Å²) in [6.45, 7) is 3.46. The van der Waals surface area contributed by atoms with Gasteiger partial charge in [0.2, 0.25) is 11.9 Å². The zero-order chi connectivity index (χ0) is 16.4. The van der Waals surface area contributed by atoms with Crippen LogP contribution in [0.3, 0.4) is 0 Å². The summed E-state index contributed by atoms with van der Waals surface area (Å²) in [6.07, 6.45) is 3.88. The second kappa shape index (κ2) is 9.49. The number of aryl methyl sites for hydroxylation is 1. The standard InChI is InChI=1S/C15H20N2O5/c1-3-21-14(19)13(15(20)22-4-2)17-12(18)6-5-11-7-9-16-10-8-11/h7-10,13H,3-6H2,1-2H3,(H,17,18). The van der Waals surface area contributed by atoms with Crippen LogP contribution in [0.4, 0.5) is 0 Å². The first-order valence-electron chi connectivity index (χ1n) is 7.10. The largest absolute Gasteiger partial charge is 0.464 e. The van der Waals surface area contributed by atoms with Crippen molar-refractivity contribution in [1.29, 1.82) is 0 Å². The van der Waals surface area contributed by atoms with Crippen molar-refractivity contribution in [2.24, 2.45) is 0 Å². The van der Waals surface area contributed by atoms with Crippen molar-refractivity contribution in [3.8, 4) is 0 Å². The molecule has 0 aliphatic carbocycles. The van der Waals surface area contributed by atoms with Gasteiger partial charge in [-0.25, -0.2) is 9.59 Å². The molecule has 0 saturated carbocycles. The van der Waals surface area contributed by atoms with Crippen LogP contribution >= 0.6 is 0 Å². The average Bonchev–Trinajstić information content (AvgIpc) is 2.52. The van der Waals surface area contributed by atoms with E-state index in [0.29, 0.717) is 6.42 Å². The molecule has 1 aromatic rings. The lowest BCUT2D eigenvalue weighted by Gasteiger charge is -2.15. The zero-order valence-electron chi connectivity index (χ0n) is 12.7. The van der Waals surface area contributed by atoms with Crippen LogP contribution in [-0.2, 0) is 30.3 Å². The lowest BCUT2D eigenvalue weighted by Crippen LogP contribution is -2.48. The Balaban J connectivity index is 2.58. The highest BCUT2D eigenvalue weighted by Gasteiger charge is 2.30. The highest BCUT2D eigenvalue weighted by Crippen LogP contribution is 2.02. The Morgan fingerprint density at radius 1 is 1.09 bits per heavy atom. The molecular formula is C15H20N2O5. The Morgan fingerprint density at radius 3 is 2.14 bits per heavy atom. The molecule has 0 fully saturated rings. The van der Waals surface area contributed by atoms with Gasteiger partial charge in [-0.15, -0.1) is 0 Å². The smallest absolute Gasteiger partial charge is 0.340 e. The highest BCUT2D eigenvalue weighted by molar-refractivity contribution is 6.02. The quantitative estimate of drug-likeness (QED) is 0.559. The van der Waals surface area contributed by atoms with Crippen LogP contribution in [0.25, 0.3) is 0 Å². The molecule has 0 atom stereocenters. The van der Waals surface area contributed by atoms with Gasteiger partial charge in [0.25, 0.3) is 0 Å². The van der Waals surface area contributed by atoms with Gasteiger partial charge in [0.1, 0.15) is 0 Å². The van der Waals surface area contributed by atoms with E-state index in [1.165, 1.54) is 0 Å². The molecule has 0 unspecified atom stereocenters. The fourth-order valence-electron chi connectivity index (χ4n) is 1.71. The average molecular weight is 308 g/mol. The Kier molecular flexibility index (Phi) is 7.60. The molecule has 0 spiro atoms. The number of carbonyl (C=O) groups excluding carboxylic acids is 3. The van der Waals surface area contributed by atoms with Crippen LogP contribution in [0, 0.1) is 0 Å². The first-order valence-corrected chi connectivity index (χ1v) is 7.10. The van der Waals surface area contributed by atoms with Crippen molar-refractivity contribution in [3.05, 3.63) is 30.1 Å². The van der Waals surface area contributed by atoms with Gasteiger partial charge in [0, 0.05) is 18.8 Å². The van der Waals surface area contributed by atoms with Gasteiger partial charge in [0.05, 0.1) is 13.2 Å². The molecule has 0 aliphatic rings. The Morgan fingerprint density at radius 2 is 1.64 bits per heavy atom.